The summed E-state index contributed by atoms with van der Waals surface area (Å²) < 4.78 is 1.03. The fourth-order valence-electron chi connectivity index (χ4n) is 2.66. The third-order valence-electron chi connectivity index (χ3n) is 4.05. The van der Waals surface area contributed by atoms with E-state index in [-0.39, 0.29) is 11.9 Å². The van der Waals surface area contributed by atoms with E-state index in [1.807, 2.05) is 6.92 Å². The number of nitrogens with one attached hydrogen (secondary N) is 2. The normalized spacial score (nSPS) is 18.3. The molecule has 0 aromatic heterocycles. The minimum absolute atomic E-state index is 0.0282. The molecule has 2 atom stereocenters. The van der Waals surface area contributed by atoms with E-state index >= 15 is 0 Å². The van der Waals surface area contributed by atoms with Crippen LogP contribution in [0, 0.1) is 5.92 Å². The predicted octanol–water partition coefficient (Wildman–Crippen LogP) is 3.53. The molecule has 0 bridgehead atoms. The van der Waals surface area contributed by atoms with Crippen LogP contribution in [0.5, 0.6) is 0 Å². The van der Waals surface area contributed by atoms with E-state index in [4.69, 9.17) is 0 Å². The summed E-state index contributed by atoms with van der Waals surface area (Å²) >= 11 is 3.65. The summed E-state index contributed by atoms with van der Waals surface area (Å²) in [4.78, 5) is 14.3. The Morgan fingerprint density at radius 1 is 1.43 bits per heavy atom. The molecule has 116 valence electrons. The fraction of sp³-hybridized carbons (Fsp3) is 0.562. The highest BCUT2D eigenvalue weighted by Crippen LogP contribution is 2.38. The third kappa shape index (κ3) is 3.40. The number of hydrogen-bond donors (Lipinski definition) is 2. The van der Waals surface area contributed by atoms with E-state index in [0.717, 1.165) is 40.9 Å². The molecular formula is C16H24BrN3O. The molecule has 4 nitrogen and oxygen atoms in total. The average Bonchev–Trinajstić information content (AvgIpc) is 2.74. The lowest BCUT2D eigenvalue weighted by atomic mass is 10.1. The average molecular weight is 354 g/mol. The maximum Gasteiger partial charge on any atom is 0.246 e. The summed E-state index contributed by atoms with van der Waals surface area (Å²) in [5.74, 6) is 0.666. The second-order valence-corrected chi connectivity index (χ2v) is 6.62. The van der Waals surface area contributed by atoms with E-state index in [0.29, 0.717) is 5.92 Å². The molecule has 0 radical (unpaired) electrons. The predicted molar refractivity (Wildman–Crippen MR) is 91.9 cm³/mol. The van der Waals surface area contributed by atoms with Gasteiger partial charge in [-0.25, -0.2) is 0 Å². The molecule has 21 heavy (non-hydrogen) atoms. The highest BCUT2D eigenvalue weighted by atomic mass is 79.9. The van der Waals surface area contributed by atoms with Crippen molar-refractivity contribution in [2.75, 3.05) is 30.4 Å². The summed E-state index contributed by atoms with van der Waals surface area (Å²) in [6.07, 6.45) is 1.16. The molecule has 0 spiro atoms. The largest absolute Gasteiger partial charge is 0.373 e. The number of carbonyl (C=O) groups is 1. The van der Waals surface area contributed by atoms with Crippen LogP contribution >= 0.6 is 15.9 Å². The van der Waals surface area contributed by atoms with Crippen LogP contribution in [-0.2, 0) is 4.79 Å². The smallest absolute Gasteiger partial charge is 0.246 e. The number of likely N-dealkylation sites (N-methyl/N-ethyl adjacent to an activating group) is 1. The number of nitrogens with zero attached hydrogens (tertiary/aromatic N) is 1. The molecule has 5 heteroatoms. The Labute approximate surface area is 135 Å². The first-order valence-corrected chi connectivity index (χ1v) is 8.36. The number of carbonyl (C=O) groups excluding carboxylic acids is 1. The Bertz CT molecular complexity index is 532. The van der Waals surface area contributed by atoms with Crippen LogP contribution in [0.1, 0.15) is 38.8 Å². The maximum absolute atomic E-state index is 12.0. The van der Waals surface area contributed by atoms with Crippen LogP contribution < -0.4 is 15.5 Å². The van der Waals surface area contributed by atoms with Crippen molar-refractivity contribution in [2.24, 2.45) is 5.92 Å². The second-order valence-electron chi connectivity index (χ2n) is 5.76. The van der Waals surface area contributed by atoms with Gasteiger partial charge in [0.1, 0.15) is 6.04 Å². The van der Waals surface area contributed by atoms with Crippen molar-refractivity contribution in [2.45, 2.75) is 33.2 Å². The van der Waals surface area contributed by atoms with Crippen molar-refractivity contribution in [3.05, 3.63) is 22.2 Å². The quantitative estimate of drug-likeness (QED) is 0.821. The molecule has 2 unspecified atom stereocenters. The van der Waals surface area contributed by atoms with Gasteiger partial charge in [0.2, 0.25) is 5.91 Å². The van der Waals surface area contributed by atoms with Gasteiger partial charge >= 0.3 is 0 Å². The molecule has 0 aliphatic carbocycles. The lowest BCUT2D eigenvalue weighted by molar-refractivity contribution is -0.117. The SMILES string of the molecule is CCNC1C(=O)Nc2cc(N(C)CC(C)CC)c(Br)cc21. The Balaban J connectivity index is 2.28. The van der Waals surface area contributed by atoms with Gasteiger partial charge in [0.15, 0.2) is 0 Å². The minimum atomic E-state index is -0.241. The molecule has 1 aromatic carbocycles. The number of amides is 1. The number of halogens is 1. The first kappa shape index (κ1) is 16.3. The Kier molecular flexibility index (Phi) is 5.27. The van der Waals surface area contributed by atoms with E-state index < -0.39 is 0 Å². The topological polar surface area (TPSA) is 44.4 Å². The van der Waals surface area contributed by atoms with Crippen molar-refractivity contribution >= 4 is 33.2 Å². The van der Waals surface area contributed by atoms with Gasteiger partial charge in [-0.05, 0) is 40.5 Å². The molecule has 0 fully saturated rings. The van der Waals surface area contributed by atoms with Crippen LogP contribution in [0.25, 0.3) is 0 Å². The molecule has 1 aromatic rings. The number of anilines is 2. The van der Waals surface area contributed by atoms with Crippen molar-refractivity contribution in [1.82, 2.24) is 5.32 Å². The van der Waals surface area contributed by atoms with Gasteiger partial charge in [0, 0.05) is 29.3 Å². The van der Waals surface area contributed by atoms with E-state index in [9.17, 15) is 4.79 Å². The Hall–Kier alpha value is -1.07. The minimum Gasteiger partial charge on any atom is -0.373 e. The molecule has 1 aliphatic rings. The van der Waals surface area contributed by atoms with Gasteiger partial charge in [0.25, 0.3) is 0 Å². The monoisotopic (exact) mass is 353 g/mol. The summed E-state index contributed by atoms with van der Waals surface area (Å²) in [5, 5.41) is 6.19. The zero-order chi connectivity index (χ0) is 15.6. The summed E-state index contributed by atoms with van der Waals surface area (Å²) in [5.41, 5.74) is 3.06. The van der Waals surface area contributed by atoms with Gasteiger partial charge in [0.05, 0.1) is 5.69 Å². The first-order valence-electron chi connectivity index (χ1n) is 7.56. The molecule has 1 aliphatic heterocycles. The van der Waals surface area contributed by atoms with Crippen molar-refractivity contribution in [1.29, 1.82) is 0 Å². The first-order chi connectivity index (χ1) is 9.97. The number of hydrogen-bond acceptors (Lipinski definition) is 3. The summed E-state index contributed by atoms with van der Waals surface area (Å²) in [7, 11) is 2.09. The Morgan fingerprint density at radius 2 is 2.14 bits per heavy atom. The van der Waals surface area contributed by atoms with Crippen molar-refractivity contribution in [3.63, 3.8) is 0 Å². The van der Waals surface area contributed by atoms with Gasteiger partial charge in [-0.1, -0.05) is 27.2 Å². The zero-order valence-corrected chi connectivity index (χ0v) is 14.8. The summed E-state index contributed by atoms with van der Waals surface area (Å²) in [6, 6.07) is 3.88. The molecule has 0 saturated heterocycles. The van der Waals surface area contributed by atoms with E-state index in [1.165, 1.54) is 0 Å². The van der Waals surface area contributed by atoms with Gasteiger partial charge in [-0.15, -0.1) is 0 Å². The highest BCUT2D eigenvalue weighted by Gasteiger charge is 2.31. The lowest BCUT2D eigenvalue weighted by Crippen LogP contribution is -2.27. The van der Waals surface area contributed by atoms with Crippen LogP contribution in [0.2, 0.25) is 0 Å². The van der Waals surface area contributed by atoms with Crippen molar-refractivity contribution < 1.29 is 4.79 Å². The molecular weight excluding hydrogens is 330 g/mol. The lowest BCUT2D eigenvalue weighted by Gasteiger charge is -2.25. The molecule has 1 amide bonds. The number of rotatable bonds is 6. The highest BCUT2D eigenvalue weighted by molar-refractivity contribution is 9.10. The van der Waals surface area contributed by atoms with Gasteiger partial charge < -0.3 is 15.5 Å². The zero-order valence-electron chi connectivity index (χ0n) is 13.2. The molecule has 2 rings (SSSR count). The number of fused-ring (bicyclic) bond motifs is 1. The molecule has 0 saturated carbocycles. The summed E-state index contributed by atoms with van der Waals surface area (Å²) in [6.45, 7) is 8.23. The van der Waals surface area contributed by atoms with Crippen LogP contribution in [0.3, 0.4) is 0 Å². The fourth-order valence-corrected chi connectivity index (χ4v) is 3.33. The standard InChI is InChI=1S/C16H24BrN3O/c1-5-10(3)9-20(4)14-8-13-11(7-12(14)17)15(18-6-2)16(21)19-13/h7-8,10,15,18H,5-6,9H2,1-4H3,(H,19,21). The maximum atomic E-state index is 12.0. The van der Waals surface area contributed by atoms with E-state index in [2.05, 4.69) is 64.5 Å². The Morgan fingerprint density at radius 3 is 2.76 bits per heavy atom. The van der Waals surface area contributed by atoms with Crippen molar-refractivity contribution in [3.8, 4) is 0 Å². The van der Waals surface area contributed by atoms with Crippen LogP contribution in [0.4, 0.5) is 11.4 Å². The van der Waals surface area contributed by atoms with Gasteiger partial charge in [-0.2, -0.15) is 0 Å². The number of benzene rings is 1. The molecule has 2 N–H and O–H groups in total. The second kappa shape index (κ2) is 6.79. The molecule has 1 heterocycles. The van der Waals surface area contributed by atoms with Crippen LogP contribution in [0.15, 0.2) is 16.6 Å². The van der Waals surface area contributed by atoms with Crippen LogP contribution in [-0.4, -0.2) is 26.0 Å². The van der Waals surface area contributed by atoms with E-state index in [1.54, 1.807) is 0 Å². The van der Waals surface area contributed by atoms with Gasteiger partial charge in [-0.3, -0.25) is 4.79 Å². The third-order valence-corrected chi connectivity index (χ3v) is 4.69.